The van der Waals surface area contributed by atoms with Crippen LogP contribution in [0.25, 0.3) is 0 Å². The quantitative estimate of drug-likeness (QED) is 0.771. The van der Waals surface area contributed by atoms with E-state index in [4.69, 9.17) is 0 Å². The van der Waals surface area contributed by atoms with E-state index in [9.17, 15) is 4.21 Å². The molecule has 0 saturated heterocycles. The van der Waals surface area contributed by atoms with Crippen LogP contribution in [0.5, 0.6) is 0 Å². The summed E-state index contributed by atoms with van der Waals surface area (Å²) in [6, 6.07) is 6.54. The van der Waals surface area contributed by atoms with Gasteiger partial charge >= 0.3 is 0 Å². The Morgan fingerprint density at radius 1 is 1.25 bits per heavy atom. The van der Waals surface area contributed by atoms with Crippen molar-refractivity contribution in [1.82, 2.24) is 5.32 Å². The van der Waals surface area contributed by atoms with E-state index >= 15 is 0 Å². The van der Waals surface area contributed by atoms with Crippen LogP contribution >= 0.6 is 0 Å². The summed E-state index contributed by atoms with van der Waals surface area (Å²) in [5.41, 5.74) is 4.00. The summed E-state index contributed by atoms with van der Waals surface area (Å²) >= 11 is 0. The van der Waals surface area contributed by atoms with Crippen molar-refractivity contribution in [2.75, 3.05) is 18.6 Å². The van der Waals surface area contributed by atoms with Gasteiger partial charge in [0, 0.05) is 29.4 Å². The lowest BCUT2D eigenvalue weighted by molar-refractivity contribution is 0.662. The lowest BCUT2D eigenvalue weighted by atomic mass is 10.1. The normalized spacial score (nSPS) is 12.7. The lowest BCUT2D eigenvalue weighted by Crippen LogP contribution is -2.16. The van der Waals surface area contributed by atoms with Crippen LogP contribution in [0, 0.1) is 13.8 Å². The summed E-state index contributed by atoms with van der Waals surface area (Å²) in [6.45, 7) is 6.10. The van der Waals surface area contributed by atoms with Gasteiger partial charge in [0.15, 0.2) is 0 Å². The fourth-order valence-corrected chi connectivity index (χ4v) is 2.10. The Kier molecular flexibility index (Phi) is 5.71. The van der Waals surface area contributed by atoms with E-state index in [1.54, 1.807) is 6.26 Å². The molecule has 0 radical (unpaired) electrons. The van der Waals surface area contributed by atoms with Crippen molar-refractivity contribution in [3.05, 3.63) is 34.9 Å². The molecule has 16 heavy (non-hydrogen) atoms. The first-order valence-electron chi connectivity index (χ1n) is 5.66. The zero-order chi connectivity index (χ0) is 12.0. The van der Waals surface area contributed by atoms with Gasteiger partial charge in [-0.3, -0.25) is 4.21 Å². The smallest absolute Gasteiger partial charge is 0.0244 e. The van der Waals surface area contributed by atoms with Crippen LogP contribution in [0.2, 0.25) is 0 Å². The molecule has 0 aromatic heterocycles. The topological polar surface area (TPSA) is 29.1 Å². The first-order valence-corrected chi connectivity index (χ1v) is 7.39. The maximum absolute atomic E-state index is 10.8. The molecule has 1 N–H and O–H groups in total. The van der Waals surface area contributed by atoms with Gasteiger partial charge in [-0.05, 0) is 43.5 Å². The molecular weight excluding hydrogens is 218 g/mol. The third-order valence-corrected chi connectivity index (χ3v) is 3.55. The van der Waals surface area contributed by atoms with Gasteiger partial charge in [0.25, 0.3) is 0 Å². The van der Waals surface area contributed by atoms with Crippen molar-refractivity contribution < 1.29 is 4.21 Å². The molecule has 0 saturated carbocycles. The van der Waals surface area contributed by atoms with Gasteiger partial charge in [-0.1, -0.05) is 18.2 Å². The number of nitrogens with one attached hydrogen (secondary N) is 1. The Morgan fingerprint density at radius 3 is 2.62 bits per heavy atom. The Bertz CT molecular complexity index is 363. The van der Waals surface area contributed by atoms with Crippen LogP contribution in [0.4, 0.5) is 0 Å². The fraction of sp³-hybridized carbons (Fsp3) is 0.538. The summed E-state index contributed by atoms with van der Waals surface area (Å²) < 4.78 is 10.8. The maximum atomic E-state index is 10.8. The van der Waals surface area contributed by atoms with Crippen LogP contribution < -0.4 is 5.32 Å². The van der Waals surface area contributed by atoms with Crippen molar-refractivity contribution in [2.24, 2.45) is 0 Å². The molecule has 0 spiro atoms. The first kappa shape index (κ1) is 13.4. The van der Waals surface area contributed by atoms with Crippen LogP contribution in [-0.2, 0) is 17.3 Å². The molecule has 3 heteroatoms. The highest BCUT2D eigenvalue weighted by Crippen LogP contribution is 2.09. The molecule has 0 bridgehead atoms. The van der Waals surface area contributed by atoms with Gasteiger partial charge in [0.2, 0.25) is 0 Å². The summed E-state index contributed by atoms with van der Waals surface area (Å²) in [7, 11) is -0.660. The summed E-state index contributed by atoms with van der Waals surface area (Å²) in [5.74, 6) is 0.792. The van der Waals surface area contributed by atoms with Gasteiger partial charge < -0.3 is 5.32 Å². The van der Waals surface area contributed by atoms with Gasteiger partial charge in [-0.15, -0.1) is 0 Å². The van der Waals surface area contributed by atoms with E-state index in [1.807, 2.05) is 0 Å². The molecule has 1 aromatic rings. The lowest BCUT2D eigenvalue weighted by Gasteiger charge is -2.06. The Hall–Kier alpha value is -0.670. The van der Waals surface area contributed by atoms with E-state index in [0.717, 1.165) is 25.3 Å². The molecule has 0 aliphatic heterocycles. The SMILES string of the molecule is Cc1ccc(CNCCCS(C)=O)cc1C. The highest BCUT2D eigenvalue weighted by Gasteiger charge is 1.96. The van der Waals surface area contributed by atoms with Gasteiger partial charge in [0.1, 0.15) is 0 Å². The molecule has 0 fully saturated rings. The van der Waals surface area contributed by atoms with Crippen LogP contribution in [-0.4, -0.2) is 22.8 Å². The number of hydrogen-bond acceptors (Lipinski definition) is 2. The molecular formula is C13H21NOS. The van der Waals surface area contributed by atoms with Gasteiger partial charge in [-0.25, -0.2) is 0 Å². The standard InChI is InChI=1S/C13H21NOS/c1-11-5-6-13(9-12(11)2)10-14-7-4-8-16(3)15/h5-6,9,14H,4,7-8,10H2,1-3H3. The minimum atomic E-state index is -0.660. The maximum Gasteiger partial charge on any atom is 0.0244 e. The average Bonchev–Trinajstić information content (AvgIpc) is 2.22. The molecule has 0 amide bonds. The molecule has 0 aliphatic carbocycles. The predicted octanol–water partition coefficient (Wildman–Crippen LogP) is 2.16. The van der Waals surface area contributed by atoms with E-state index in [0.29, 0.717) is 0 Å². The average molecular weight is 239 g/mol. The Balaban J connectivity index is 2.27. The van der Waals surface area contributed by atoms with Crippen LogP contribution in [0.3, 0.4) is 0 Å². The third kappa shape index (κ3) is 4.90. The highest BCUT2D eigenvalue weighted by molar-refractivity contribution is 7.84. The monoisotopic (exact) mass is 239 g/mol. The van der Waals surface area contributed by atoms with E-state index < -0.39 is 10.8 Å². The van der Waals surface area contributed by atoms with E-state index in [1.165, 1.54) is 16.7 Å². The highest BCUT2D eigenvalue weighted by atomic mass is 32.2. The second-order valence-corrected chi connectivity index (χ2v) is 5.78. The zero-order valence-corrected chi connectivity index (χ0v) is 11.2. The number of aryl methyl sites for hydroxylation is 2. The van der Waals surface area contributed by atoms with Crippen LogP contribution in [0.1, 0.15) is 23.1 Å². The minimum Gasteiger partial charge on any atom is -0.313 e. The van der Waals surface area contributed by atoms with E-state index in [-0.39, 0.29) is 0 Å². The summed E-state index contributed by atoms with van der Waals surface area (Å²) in [5, 5.41) is 3.37. The van der Waals surface area contributed by atoms with Crippen molar-refractivity contribution in [3.63, 3.8) is 0 Å². The number of rotatable bonds is 6. The van der Waals surface area contributed by atoms with E-state index in [2.05, 4.69) is 37.4 Å². The number of hydrogen-bond donors (Lipinski definition) is 1. The molecule has 1 aromatic carbocycles. The molecule has 1 atom stereocenters. The third-order valence-electron chi connectivity index (χ3n) is 2.69. The Morgan fingerprint density at radius 2 is 2.00 bits per heavy atom. The molecule has 1 rings (SSSR count). The molecule has 90 valence electrons. The fourth-order valence-electron chi connectivity index (χ4n) is 1.55. The largest absolute Gasteiger partial charge is 0.313 e. The van der Waals surface area contributed by atoms with Gasteiger partial charge in [-0.2, -0.15) is 0 Å². The first-order chi connectivity index (χ1) is 7.59. The second-order valence-electron chi connectivity index (χ2n) is 4.23. The number of benzene rings is 1. The summed E-state index contributed by atoms with van der Waals surface area (Å²) in [6.07, 6.45) is 2.73. The van der Waals surface area contributed by atoms with Crippen molar-refractivity contribution in [1.29, 1.82) is 0 Å². The zero-order valence-electron chi connectivity index (χ0n) is 10.4. The molecule has 2 nitrogen and oxygen atoms in total. The van der Waals surface area contributed by atoms with Crippen molar-refractivity contribution in [2.45, 2.75) is 26.8 Å². The van der Waals surface area contributed by atoms with Crippen LogP contribution in [0.15, 0.2) is 18.2 Å². The minimum absolute atomic E-state index is 0.660. The van der Waals surface area contributed by atoms with Crippen molar-refractivity contribution >= 4 is 10.8 Å². The molecule has 0 aliphatic rings. The molecule has 1 unspecified atom stereocenters. The Labute approximate surface area is 101 Å². The summed E-state index contributed by atoms with van der Waals surface area (Å²) in [4.78, 5) is 0. The predicted molar refractivity (Wildman–Crippen MR) is 71.2 cm³/mol. The molecule has 0 heterocycles. The van der Waals surface area contributed by atoms with Gasteiger partial charge in [0.05, 0.1) is 0 Å². The second kappa shape index (κ2) is 6.81. The van der Waals surface area contributed by atoms with Crippen molar-refractivity contribution in [3.8, 4) is 0 Å².